The average molecular weight is 333 g/mol. The number of carbonyl (C=O) groups excluding carboxylic acids is 1. The number of hydrogen-bond donors (Lipinski definition) is 2. The number of nitrogens with one attached hydrogen (secondary N) is 2. The van der Waals surface area contributed by atoms with Crippen molar-refractivity contribution in [3.05, 3.63) is 52.5 Å². The summed E-state index contributed by atoms with van der Waals surface area (Å²) < 4.78 is 13.6. The third-order valence-electron chi connectivity index (χ3n) is 4.04. The molecule has 0 spiro atoms. The maximum absolute atomic E-state index is 13.6. The molecule has 122 valence electrons. The molecule has 6 heteroatoms. The first-order chi connectivity index (χ1) is 11.2. The summed E-state index contributed by atoms with van der Waals surface area (Å²) >= 11 is 1.63. The van der Waals surface area contributed by atoms with Crippen molar-refractivity contribution in [3.8, 4) is 0 Å². The van der Waals surface area contributed by atoms with Crippen molar-refractivity contribution in [1.29, 1.82) is 0 Å². The van der Waals surface area contributed by atoms with Crippen LogP contribution in [0.4, 0.5) is 14.9 Å². The molecule has 2 aromatic rings. The number of benzene rings is 1. The molecule has 1 aromatic heterocycles. The molecule has 1 aliphatic heterocycles. The van der Waals surface area contributed by atoms with Gasteiger partial charge >= 0.3 is 6.03 Å². The van der Waals surface area contributed by atoms with E-state index >= 15 is 0 Å². The summed E-state index contributed by atoms with van der Waals surface area (Å²) in [6.07, 6.45) is 1.64. The maximum atomic E-state index is 13.6. The van der Waals surface area contributed by atoms with E-state index in [0.29, 0.717) is 25.3 Å². The lowest BCUT2D eigenvalue weighted by Gasteiger charge is -2.33. The van der Waals surface area contributed by atoms with Gasteiger partial charge in [-0.3, -0.25) is 0 Å². The predicted molar refractivity (Wildman–Crippen MR) is 91.2 cm³/mol. The molecule has 0 saturated carbocycles. The summed E-state index contributed by atoms with van der Waals surface area (Å²) in [6, 6.07) is 8.88. The van der Waals surface area contributed by atoms with Gasteiger partial charge in [-0.25, -0.2) is 9.18 Å². The van der Waals surface area contributed by atoms with Crippen molar-refractivity contribution in [2.75, 3.05) is 18.4 Å². The summed E-state index contributed by atoms with van der Waals surface area (Å²) in [5.74, 6) is -0.233. The number of carbonyl (C=O) groups is 1. The first-order valence-electron chi connectivity index (χ1n) is 7.77. The Kier molecular flexibility index (Phi) is 5.12. The number of amides is 2. The summed E-state index contributed by atoms with van der Waals surface area (Å²) in [5.41, 5.74) is 1.66. The number of nitrogens with zero attached hydrogens (tertiary/aromatic N) is 1. The van der Waals surface area contributed by atoms with E-state index in [2.05, 4.69) is 10.6 Å². The highest BCUT2D eigenvalue weighted by Crippen LogP contribution is 2.19. The number of urea groups is 1. The minimum absolute atomic E-state index is 0.0273. The summed E-state index contributed by atoms with van der Waals surface area (Å²) in [6.45, 7) is 1.93. The second-order valence-corrected chi connectivity index (χ2v) is 6.46. The third-order valence-corrected chi connectivity index (χ3v) is 4.77. The fourth-order valence-corrected chi connectivity index (χ4v) is 3.38. The lowest BCUT2D eigenvalue weighted by atomic mass is 10.0. The quantitative estimate of drug-likeness (QED) is 0.896. The highest BCUT2D eigenvalue weighted by atomic mass is 32.1. The van der Waals surface area contributed by atoms with Gasteiger partial charge < -0.3 is 15.5 Å². The highest BCUT2D eigenvalue weighted by molar-refractivity contribution is 7.07. The van der Waals surface area contributed by atoms with Gasteiger partial charge in [0.25, 0.3) is 0 Å². The molecular weight excluding hydrogens is 313 g/mol. The van der Waals surface area contributed by atoms with Gasteiger partial charge in [0.15, 0.2) is 0 Å². The van der Waals surface area contributed by atoms with Crippen LogP contribution in [-0.4, -0.2) is 30.1 Å². The van der Waals surface area contributed by atoms with Gasteiger partial charge in [-0.05, 0) is 47.4 Å². The number of hydrogen-bond acceptors (Lipinski definition) is 3. The monoisotopic (exact) mass is 333 g/mol. The molecule has 2 N–H and O–H groups in total. The average Bonchev–Trinajstić information content (AvgIpc) is 3.09. The Morgan fingerprint density at radius 2 is 2.04 bits per heavy atom. The molecule has 0 aliphatic carbocycles. The normalized spacial score (nSPS) is 15.4. The predicted octanol–water partition coefficient (Wildman–Crippen LogP) is 3.67. The molecule has 1 fully saturated rings. The van der Waals surface area contributed by atoms with Crippen molar-refractivity contribution < 1.29 is 9.18 Å². The van der Waals surface area contributed by atoms with E-state index in [1.807, 2.05) is 27.8 Å². The Hall–Kier alpha value is -2.08. The van der Waals surface area contributed by atoms with E-state index in [-0.39, 0.29) is 17.9 Å². The number of rotatable bonds is 4. The van der Waals surface area contributed by atoms with Gasteiger partial charge in [0.05, 0.1) is 5.69 Å². The van der Waals surface area contributed by atoms with E-state index in [4.69, 9.17) is 0 Å². The fourth-order valence-electron chi connectivity index (χ4n) is 2.71. The van der Waals surface area contributed by atoms with Crippen LogP contribution in [0.3, 0.4) is 0 Å². The van der Waals surface area contributed by atoms with Crippen LogP contribution in [0.2, 0.25) is 0 Å². The first kappa shape index (κ1) is 15.8. The Bertz CT molecular complexity index is 639. The van der Waals surface area contributed by atoms with Crippen LogP contribution in [0.5, 0.6) is 0 Å². The smallest absolute Gasteiger partial charge is 0.317 e. The van der Waals surface area contributed by atoms with Gasteiger partial charge in [-0.15, -0.1) is 0 Å². The van der Waals surface area contributed by atoms with Crippen LogP contribution in [0.15, 0.2) is 41.1 Å². The molecule has 0 atom stereocenters. The standard InChI is InChI=1S/C17H20FN3OS/c18-15-3-1-2-4-16(15)20-14-5-8-21(9-6-14)17(22)19-11-13-7-10-23-12-13/h1-4,7,10,12,14,20H,5-6,8-9,11H2,(H,19,22). The van der Waals surface area contributed by atoms with Crippen molar-refractivity contribution >= 4 is 23.1 Å². The molecule has 2 heterocycles. The topological polar surface area (TPSA) is 44.4 Å². The number of piperidine rings is 1. The van der Waals surface area contributed by atoms with Gasteiger partial charge in [-0.1, -0.05) is 12.1 Å². The molecule has 1 aliphatic rings. The van der Waals surface area contributed by atoms with Crippen molar-refractivity contribution in [2.45, 2.75) is 25.4 Å². The fraction of sp³-hybridized carbons (Fsp3) is 0.353. The Labute approximate surface area is 139 Å². The van der Waals surface area contributed by atoms with Crippen LogP contribution >= 0.6 is 11.3 Å². The van der Waals surface area contributed by atoms with Crippen LogP contribution < -0.4 is 10.6 Å². The van der Waals surface area contributed by atoms with Crippen LogP contribution in [0, 0.1) is 5.82 Å². The van der Waals surface area contributed by atoms with Crippen LogP contribution in [-0.2, 0) is 6.54 Å². The van der Waals surface area contributed by atoms with E-state index in [0.717, 1.165) is 18.4 Å². The second-order valence-electron chi connectivity index (χ2n) is 5.68. The van der Waals surface area contributed by atoms with E-state index in [1.54, 1.807) is 23.5 Å². The van der Waals surface area contributed by atoms with Gasteiger partial charge in [0.2, 0.25) is 0 Å². The number of halogens is 1. The molecule has 0 radical (unpaired) electrons. The largest absolute Gasteiger partial charge is 0.380 e. The van der Waals surface area contributed by atoms with E-state index in [9.17, 15) is 9.18 Å². The molecule has 0 unspecified atom stereocenters. The lowest BCUT2D eigenvalue weighted by molar-refractivity contribution is 0.183. The number of likely N-dealkylation sites (tertiary alicyclic amines) is 1. The molecule has 23 heavy (non-hydrogen) atoms. The number of para-hydroxylation sites is 1. The molecular formula is C17H20FN3OS. The van der Waals surface area contributed by atoms with Gasteiger partial charge in [0, 0.05) is 25.7 Å². The molecule has 3 rings (SSSR count). The Morgan fingerprint density at radius 1 is 1.26 bits per heavy atom. The summed E-state index contributed by atoms with van der Waals surface area (Å²) in [7, 11) is 0. The second kappa shape index (κ2) is 7.46. The van der Waals surface area contributed by atoms with Gasteiger partial charge in [-0.2, -0.15) is 11.3 Å². The van der Waals surface area contributed by atoms with E-state index in [1.165, 1.54) is 6.07 Å². The van der Waals surface area contributed by atoms with Crippen molar-refractivity contribution in [3.63, 3.8) is 0 Å². The number of thiophene rings is 1. The summed E-state index contributed by atoms with van der Waals surface area (Å²) in [5, 5.41) is 10.2. The van der Waals surface area contributed by atoms with Gasteiger partial charge in [0.1, 0.15) is 5.82 Å². The lowest BCUT2D eigenvalue weighted by Crippen LogP contribution is -2.46. The van der Waals surface area contributed by atoms with Crippen LogP contribution in [0.25, 0.3) is 0 Å². The highest BCUT2D eigenvalue weighted by Gasteiger charge is 2.23. The minimum Gasteiger partial charge on any atom is -0.380 e. The van der Waals surface area contributed by atoms with Crippen molar-refractivity contribution in [1.82, 2.24) is 10.2 Å². The SMILES string of the molecule is O=C(NCc1ccsc1)N1CCC(Nc2ccccc2F)CC1. The molecule has 1 aromatic carbocycles. The minimum atomic E-state index is -0.233. The molecule has 2 amide bonds. The zero-order chi connectivity index (χ0) is 16.1. The van der Waals surface area contributed by atoms with Crippen molar-refractivity contribution in [2.24, 2.45) is 0 Å². The summed E-state index contributed by atoms with van der Waals surface area (Å²) in [4.78, 5) is 14.0. The van der Waals surface area contributed by atoms with Crippen LogP contribution in [0.1, 0.15) is 18.4 Å². The third kappa shape index (κ3) is 4.22. The zero-order valence-corrected chi connectivity index (χ0v) is 13.6. The first-order valence-corrected chi connectivity index (χ1v) is 8.71. The molecule has 4 nitrogen and oxygen atoms in total. The molecule has 0 bridgehead atoms. The zero-order valence-electron chi connectivity index (χ0n) is 12.8. The Balaban J connectivity index is 1.44. The molecule has 1 saturated heterocycles. The number of anilines is 1. The maximum Gasteiger partial charge on any atom is 0.317 e. The Morgan fingerprint density at radius 3 is 2.74 bits per heavy atom. The van der Waals surface area contributed by atoms with E-state index < -0.39 is 0 Å².